The highest BCUT2D eigenvalue weighted by Crippen LogP contribution is 2.32. The number of sulfonamides is 1. The van der Waals surface area contributed by atoms with Gasteiger partial charge >= 0.3 is 0 Å². The first-order chi connectivity index (χ1) is 11.4. The Labute approximate surface area is 140 Å². The van der Waals surface area contributed by atoms with E-state index in [1.54, 1.807) is 18.2 Å². The summed E-state index contributed by atoms with van der Waals surface area (Å²) >= 11 is 0. The molecule has 1 fully saturated rings. The zero-order valence-electron chi connectivity index (χ0n) is 13.5. The SMILES string of the molecule is CN(C)S(=O)(=O)C[C@@H]1COC[C@@H]1NC(=O)c1ccc2c(c1)OCO2. The van der Waals surface area contributed by atoms with Crippen molar-refractivity contribution < 1.29 is 27.4 Å². The molecule has 1 aromatic rings. The Hall–Kier alpha value is -1.84. The van der Waals surface area contributed by atoms with Crippen molar-refractivity contribution in [2.45, 2.75) is 6.04 Å². The lowest BCUT2D eigenvalue weighted by atomic mass is 10.1. The Balaban J connectivity index is 1.67. The first-order valence-electron chi connectivity index (χ1n) is 7.55. The van der Waals surface area contributed by atoms with Crippen LogP contribution < -0.4 is 14.8 Å². The highest BCUT2D eigenvalue weighted by atomic mass is 32.2. The van der Waals surface area contributed by atoms with E-state index < -0.39 is 10.0 Å². The lowest BCUT2D eigenvalue weighted by Crippen LogP contribution is -2.43. The maximum absolute atomic E-state index is 12.4. The molecule has 0 saturated carbocycles. The van der Waals surface area contributed by atoms with Crippen LogP contribution in [0.2, 0.25) is 0 Å². The largest absolute Gasteiger partial charge is 0.454 e. The van der Waals surface area contributed by atoms with Crippen LogP contribution in [0.3, 0.4) is 0 Å². The Morgan fingerprint density at radius 3 is 2.75 bits per heavy atom. The minimum Gasteiger partial charge on any atom is -0.454 e. The number of amides is 1. The fourth-order valence-corrected chi connectivity index (χ4v) is 3.80. The van der Waals surface area contributed by atoms with Crippen molar-refractivity contribution in [3.8, 4) is 11.5 Å². The number of nitrogens with one attached hydrogen (secondary N) is 1. The van der Waals surface area contributed by atoms with Crippen molar-refractivity contribution >= 4 is 15.9 Å². The molecule has 2 aliphatic rings. The van der Waals surface area contributed by atoms with E-state index in [4.69, 9.17) is 14.2 Å². The highest BCUT2D eigenvalue weighted by Gasteiger charge is 2.34. The van der Waals surface area contributed by atoms with Crippen LogP contribution in [0.1, 0.15) is 10.4 Å². The molecule has 2 aliphatic heterocycles. The van der Waals surface area contributed by atoms with Gasteiger partial charge in [0.1, 0.15) is 0 Å². The smallest absolute Gasteiger partial charge is 0.251 e. The van der Waals surface area contributed by atoms with E-state index in [1.165, 1.54) is 18.4 Å². The summed E-state index contributed by atoms with van der Waals surface area (Å²) in [5, 5.41) is 2.85. The zero-order valence-corrected chi connectivity index (χ0v) is 14.3. The van der Waals surface area contributed by atoms with Crippen LogP contribution in [0, 0.1) is 5.92 Å². The normalized spacial score (nSPS) is 22.8. The van der Waals surface area contributed by atoms with Crippen molar-refractivity contribution in [3.05, 3.63) is 23.8 Å². The van der Waals surface area contributed by atoms with Crippen LogP contribution in [0.4, 0.5) is 0 Å². The van der Waals surface area contributed by atoms with Gasteiger partial charge in [-0.2, -0.15) is 0 Å². The van der Waals surface area contributed by atoms with Crippen molar-refractivity contribution in [2.75, 3.05) is 39.9 Å². The molecule has 24 heavy (non-hydrogen) atoms. The number of fused-ring (bicyclic) bond motifs is 1. The number of nitrogens with zero attached hydrogens (tertiary/aromatic N) is 1. The average Bonchev–Trinajstić information content (AvgIpc) is 3.15. The molecule has 3 rings (SSSR count). The molecule has 2 heterocycles. The third-order valence-electron chi connectivity index (χ3n) is 4.13. The predicted octanol–water partition coefficient (Wildman–Crippen LogP) is 0.0515. The summed E-state index contributed by atoms with van der Waals surface area (Å²) in [4.78, 5) is 12.4. The molecule has 0 aliphatic carbocycles. The molecule has 1 aromatic carbocycles. The fourth-order valence-electron chi connectivity index (χ4n) is 2.63. The molecule has 1 saturated heterocycles. The molecule has 0 bridgehead atoms. The number of rotatable bonds is 5. The van der Waals surface area contributed by atoms with Crippen molar-refractivity contribution in [1.29, 1.82) is 0 Å². The summed E-state index contributed by atoms with van der Waals surface area (Å²) in [6, 6.07) is 4.58. The minimum atomic E-state index is -3.36. The third kappa shape index (κ3) is 3.47. The molecule has 0 radical (unpaired) electrons. The predicted molar refractivity (Wildman–Crippen MR) is 85.6 cm³/mol. The second-order valence-corrected chi connectivity index (χ2v) is 8.23. The molecule has 8 nitrogen and oxygen atoms in total. The van der Waals surface area contributed by atoms with Gasteiger partial charge in [-0.15, -0.1) is 0 Å². The first-order valence-corrected chi connectivity index (χ1v) is 9.16. The van der Waals surface area contributed by atoms with Gasteiger partial charge in [0, 0.05) is 25.6 Å². The van der Waals surface area contributed by atoms with E-state index in [-0.39, 0.29) is 30.4 Å². The van der Waals surface area contributed by atoms with Gasteiger partial charge in [0.25, 0.3) is 5.91 Å². The topological polar surface area (TPSA) is 94.2 Å². The van der Waals surface area contributed by atoms with Gasteiger partial charge in [0.15, 0.2) is 11.5 Å². The molecule has 2 atom stereocenters. The van der Waals surface area contributed by atoms with Crippen LogP contribution in [0.25, 0.3) is 0 Å². The van der Waals surface area contributed by atoms with Gasteiger partial charge in [-0.25, -0.2) is 12.7 Å². The quantitative estimate of drug-likeness (QED) is 0.801. The van der Waals surface area contributed by atoms with E-state index in [9.17, 15) is 13.2 Å². The van der Waals surface area contributed by atoms with Crippen LogP contribution >= 0.6 is 0 Å². The molecule has 132 valence electrons. The van der Waals surface area contributed by atoms with Gasteiger partial charge in [0.05, 0.1) is 25.0 Å². The number of hydrogen-bond acceptors (Lipinski definition) is 6. The average molecular weight is 356 g/mol. The van der Waals surface area contributed by atoms with Crippen molar-refractivity contribution in [2.24, 2.45) is 5.92 Å². The van der Waals surface area contributed by atoms with Crippen molar-refractivity contribution in [3.63, 3.8) is 0 Å². The summed E-state index contributed by atoms with van der Waals surface area (Å²) in [5.41, 5.74) is 0.431. The molecular weight excluding hydrogens is 336 g/mol. The van der Waals surface area contributed by atoms with Gasteiger partial charge < -0.3 is 19.5 Å². The lowest BCUT2D eigenvalue weighted by molar-refractivity contribution is 0.0925. The van der Waals surface area contributed by atoms with Gasteiger partial charge in [-0.1, -0.05) is 0 Å². The van der Waals surface area contributed by atoms with E-state index >= 15 is 0 Å². The minimum absolute atomic E-state index is 0.0634. The number of hydrogen-bond donors (Lipinski definition) is 1. The van der Waals surface area contributed by atoms with Gasteiger partial charge in [0.2, 0.25) is 16.8 Å². The second kappa shape index (κ2) is 6.58. The summed E-state index contributed by atoms with van der Waals surface area (Å²) < 4.78 is 41.1. The maximum Gasteiger partial charge on any atom is 0.251 e. The molecule has 1 amide bonds. The lowest BCUT2D eigenvalue weighted by Gasteiger charge is -2.21. The molecule has 0 aromatic heterocycles. The number of benzene rings is 1. The Bertz CT molecular complexity index is 733. The molecular formula is C15H20N2O6S. The number of carbonyl (C=O) groups excluding carboxylic acids is 1. The summed E-state index contributed by atoms with van der Waals surface area (Å²) in [5.74, 6) is 0.487. The Morgan fingerprint density at radius 1 is 1.25 bits per heavy atom. The molecule has 0 unspecified atom stereocenters. The molecule has 1 N–H and O–H groups in total. The fraction of sp³-hybridized carbons (Fsp3) is 0.533. The van der Waals surface area contributed by atoms with Gasteiger partial charge in [-0.3, -0.25) is 4.79 Å². The maximum atomic E-state index is 12.4. The van der Waals surface area contributed by atoms with Crippen LogP contribution in [0.5, 0.6) is 11.5 Å². The summed E-state index contributed by atoms with van der Waals surface area (Å²) in [6.45, 7) is 0.740. The van der Waals surface area contributed by atoms with E-state index in [2.05, 4.69) is 5.32 Å². The summed E-state index contributed by atoms with van der Waals surface area (Å²) in [7, 11) is -0.375. The second-order valence-electron chi connectivity index (χ2n) is 6.01. The van der Waals surface area contributed by atoms with Crippen LogP contribution in [0.15, 0.2) is 18.2 Å². The number of carbonyl (C=O) groups is 1. The van der Waals surface area contributed by atoms with Crippen LogP contribution in [-0.2, 0) is 14.8 Å². The number of ether oxygens (including phenoxy) is 3. The Morgan fingerprint density at radius 2 is 2.00 bits per heavy atom. The zero-order chi connectivity index (χ0) is 17.3. The van der Waals surface area contributed by atoms with E-state index in [0.717, 1.165) is 0 Å². The van der Waals surface area contributed by atoms with E-state index in [1.807, 2.05) is 0 Å². The first kappa shape index (κ1) is 17.0. The monoisotopic (exact) mass is 356 g/mol. The molecule has 0 spiro atoms. The van der Waals surface area contributed by atoms with Crippen molar-refractivity contribution in [1.82, 2.24) is 9.62 Å². The van der Waals surface area contributed by atoms with E-state index in [0.29, 0.717) is 30.3 Å². The molecule has 9 heteroatoms. The highest BCUT2D eigenvalue weighted by molar-refractivity contribution is 7.89. The standard InChI is InChI=1S/C15H20N2O6S/c1-17(2)24(19,20)8-11-6-21-7-12(11)16-15(18)10-3-4-13-14(5-10)23-9-22-13/h3-5,11-12H,6-9H2,1-2H3,(H,16,18)/t11-,12-/m0/s1. The van der Waals surface area contributed by atoms with Crippen LogP contribution in [-0.4, -0.2) is 64.5 Å². The summed E-state index contributed by atoms with van der Waals surface area (Å²) in [6.07, 6.45) is 0. The Kier molecular flexibility index (Phi) is 4.66. The third-order valence-corrected chi connectivity index (χ3v) is 6.09. The van der Waals surface area contributed by atoms with Gasteiger partial charge in [-0.05, 0) is 18.2 Å².